The lowest BCUT2D eigenvalue weighted by Gasteiger charge is -2.27. The van der Waals surface area contributed by atoms with Crippen molar-refractivity contribution in [2.75, 3.05) is 13.1 Å². The molecule has 2 fully saturated rings. The number of alkyl halides is 3. The molecule has 1 aromatic carbocycles. The van der Waals surface area contributed by atoms with E-state index in [1.54, 1.807) is 13.0 Å². The van der Waals surface area contributed by atoms with Gasteiger partial charge in [-0.05, 0) is 42.9 Å². The van der Waals surface area contributed by atoms with Crippen LogP contribution in [0.3, 0.4) is 0 Å². The zero-order chi connectivity index (χ0) is 20.9. The fourth-order valence-corrected chi connectivity index (χ4v) is 4.80. The summed E-state index contributed by atoms with van der Waals surface area (Å²) in [5.74, 6) is -2.57. The van der Waals surface area contributed by atoms with Gasteiger partial charge in [0.25, 0.3) is 5.91 Å². The minimum atomic E-state index is -4.97. The number of likely N-dealkylation sites (tertiary alicyclic amines) is 1. The molecule has 2 amide bonds. The summed E-state index contributed by atoms with van der Waals surface area (Å²) in [7, 11) is 0. The number of aryl methyl sites for hydroxylation is 1. The molecular formula is C19H17F4N3O2S. The molecule has 4 rings (SSSR count). The lowest BCUT2D eigenvalue weighted by atomic mass is 10.1. The van der Waals surface area contributed by atoms with Crippen LogP contribution in [-0.4, -0.2) is 47.0 Å². The maximum Gasteiger partial charge on any atom is 0.471 e. The van der Waals surface area contributed by atoms with Gasteiger partial charge in [0.1, 0.15) is 11.5 Å². The summed E-state index contributed by atoms with van der Waals surface area (Å²) in [4.78, 5) is 30.7. The highest BCUT2D eigenvalue weighted by Gasteiger charge is 2.54. The van der Waals surface area contributed by atoms with Gasteiger partial charge in [-0.3, -0.25) is 9.59 Å². The van der Waals surface area contributed by atoms with Gasteiger partial charge in [-0.25, -0.2) is 9.37 Å². The Hall–Kier alpha value is -2.49. The normalized spacial score (nSPS) is 23.1. The minimum Gasteiger partial charge on any atom is -0.346 e. The predicted octanol–water partition coefficient (Wildman–Crippen LogP) is 3.40. The van der Waals surface area contributed by atoms with Gasteiger partial charge in [0.05, 0.1) is 15.9 Å². The van der Waals surface area contributed by atoms with Crippen LogP contribution in [0.2, 0.25) is 0 Å². The molecule has 0 spiro atoms. The molecule has 1 aliphatic heterocycles. The number of benzene rings is 1. The van der Waals surface area contributed by atoms with E-state index in [2.05, 4.69) is 4.98 Å². The smallest absolute Gasteiger partial charge is 0.346 e. The highest BCUT2D eigenvalue weighted by Crippen LogP contribution is 2.50. The van der Waals surface area contributed by atoms with E-state index in [1.807, 2.05) is 5.32 Å². The fraction of sp³-hybridized carbons (Fsp3) is 0.421. The molecule has 154 valence electrons. The van der Waals surface area contributed by atoms with Crippen molar-refractivity contribution in [1.29, 1.82) is 0 Å². The van der Waals surface area contributed by atoms with E-state index in [9.17, 15) is 27.2 Å². The van der Waals surface area contributed by atoms with Crippen LogP contribution in [0, 0.1) is 24.6 Å². The number of hydrogen-bond acceptors (Lipinski definition) is 4. The van der Waals surface area contributed by atoms with Crippen molar-refractivity contribution in [2.24, 2.45) is 11.8 Å². The molecule has 3 unspecified atom stereocenters. The first-order chi connectivity index (χ1) is 13.6. The van der Waals surface area contributed by atoms with Crippen LogP contribution < -0.4 is 5.32 Å². The average Bonchev–Trinajstić information content (AvgIpc) is 3.16. The second kappa shape index (κ2) is 7.08. The van der Waals surface area contributed by atoms with Crippen molar-refractivity contribution in [2.45, 2.75) is 25.6 Å². The van der Waals surface area contributed by atoms with Crippen LogP contribution in [0.25, 0.3) is 10.4 Å². The third kappa shape index (κ3) is 3.85. The largest absolute Gasteiger partial charge is 0.471 e. The number of halogens is 4. The third-order valence-electron chi connectivity index (χ3n) is 5.32. The van der Waals surface area contributed by atoms with E-state index in [1.165, 1.54) is 34.4 Å². The molecule has 3 atom stereocenters. The van der Waals surface area contributed by atoms with E-state index in [0.29, 0.717) is 22.0 Å². The molecule has 0 bridgehead atoms. The number of carbonyl (C=O) groups excluding carboxylic acids is 2. The molecule has 10 heteroatoms. The van der Waals surface area contributed by atoms with Crippen molar-refractivity contribution < 1.29 is 27.2 Å². The Balaban J connectivity index is 1.57. The zero-order valence-corrected chi connectivity index (χ0v) is 16.1. The molecule has 29 heavy (non-hydrogen) atoms. The summed E-state index contributed by atoms with van der Waals surface area (Å²) in [5.41, 5.74) is 0.678. The molecule has 2 aromatic rings. The highest BCUT2D eigenvalue weighted by atomic mass is 32.1. The summed E-state index contributed by atoms with van der Waals surface area (Å²) in [6.07, 6.45) is -4.14. The second-order valence-electron chi connectivity index (χ2n) is 7.31. The van der Waals surface area contributed by atoms with Gasteiger partial charge in [0, 0.05) is 13.1 Å². The van der Waals surface area contributed by atoms with Crippen LogP contribution in [0.5, 0.6) is 0 Å². The number of fused-ring (bicyclic) bond motifs is 1. The monoisotopic (exact) mass is 427 g/mol. The number of nitrogens with zero attached hydrogens (tertiary/aromatic N) is 2. The van der Waals surface area contributed by atoms with E-state index in [0.717, 1.165) is 6.42 Å². The standard InChI is InChI=1S/C19H17F4N3O2S/c1-9-25-15(16(29-9)10-3-2-4-12(20)5-10)17(27)26-8-11-6-13(11)14(26)7-24-18(28)19(21,22)23/h2-5,11,13-14H,6-8H2,1H3,(H,24,28). The fourth-order valence-electron chi connectivity index (χ4n) is 3.90. The quantitative estimate of drug-likeness (QED) is 0.761. The zero-order valence-electron chi connectivity index (χ0n) is 15.3. The molecule has 5 nitrogen and oxygen atoms in total. The molecule has 1 aromatic heterocycles. The van der Waals surface area contributed by atoms with Crippen molar-refractivity contribution >= 4 is 23.2 Å². The first kappa shape index (κ1) is 19.8. The molecule has 0 radical (unpaired) electrons. The molecule has 2 heterocycles. The number of thiazole rings is 1. The van der Waals surface area contributed by atoms with Gasteiger partial charge < -0.3 is 10.2 Å². The van der Waals surface area contributed by atoms with Gasteiger partial charge >= 0.3 is 12.1 Å². The van der Waals surface area contributed by atoms with Gasteiger partial charge in [-0.15, -0.1) is 11.3 Å². The Bertz CT molecular complexity index is 975. The van der Waals surface area contributed by atoms with Crippen molar-refractivity contribution in [1.82, 2.24) is 15.2 Å². The third-order valence-corrected chi connectivity index (χ3v) is 6.34. The number of aromatic nitrogens is 1. The molecule has 1 saturated carbocycles. The molecule has 2 aliphatic rings. The first-order valence-electron chi connectivity index (χ1n) is 9.04. The van der Waals surface area contributed by atoms with Crippen LogP contribution in [0.15, 0.2) is 24.3 Å². The van der Waals surface area contributed by atoms with E-state index >= 15 is 0 Å². The second-order valence-corrected chi connectivity index (χ2v) is 8.52. The Morgan fingerprint density at radius 1 is 1.34 bits per heavy atom. The van der Waals surface area contributed by atoms with E-state index in [4.69, 9.17) is 0 Å². The Morgan fingerprint density at radius 2 is 2.10 bits per heavy atom. The van der Waals surface area contributed by atoms with Gasteiger partial charge in [-0.1, -0.05) is 12.1 Å². The molecule has 1 aliphatic carbocycles. The minimum absolute atomic E-state index is 0.0739. The van der Waals surface area contributed by atoms with Crippen LogP contribution >= 0.6 is 11.3 Å². The number of hydrogen-bond donors (Lipinski definition) is 1. The van der Waals surface area contributed by atoms with Crippen molar-refractivity contribution in [3.63, 3.8) is 0 Å². The Morgan fingerprint density at radius 3 is 2.79 bits per heavy atom. The summed E-state index contributed by atoms with van der Waals surface area (Å²) in [6.45, 7) is 1.88. The van der Waals surface area contributed by atoms with Crippen LogP contribution in [-0.2, 0) is 4.79 Å². The number of carbonyl (C=O) groups is 2. The first-order valence-corrected chi connectivity index (χ1v) is 9.86. The van der Waals surface area contributed by atoms with Crippen LogP contribution in [0.4, 0.5) is 17.6 Å². The predicted molar refractivity (Wildman–Crippen MR) is 97.7 cm³/mol. The van der Waals surface area contributed by atoms with Crippen molar-refractivity contribution in [3.05, 3.63) is 40.8 Å². The molecular weight excluding hydrogens is 410 g/mol. The molecule has 1 N–H and O–H groups in total. The van der Waals surface area contributed by atoms with Gasteiger partial charge in [0.15, 0.2) is 0 Å². The summed E-state index contributed by atoms with van der Waals surface area (Å²) >= 11 is 1.25. The number of piperidine rings is 1. The SMILES string of the molecule is Cc1nc(C(=O)N2CC3CC3C2CNC(=O)C(F)(F)F)c(-c2cccc(F)c2)s1. The van der Waals surface area contributed by atoms with Crippen molar-refractivity contribution in [3.8, 4) is 10.4 Å². The van der Waals surface area contributed by atoms with E-state index in [-0.39, 0.29) is 24.1 Å². The Kier molecular flexibility index (Phi) is 4.84. The van der Waals surface area contributed by atoms with Crippen LogP contribution in [0.1, 0.15) is 21.9 Å². The number of amides is 2. The van der Waals surface area contributed by atoms with Gasteiger partial charge in [-0.2, -0.15) is 13.2 Å². The van der Waals surface area contributed by atoms with Gasteiger partial charge in [0.2, 0.25) is 0 Å². The number of nitrogens with one attached hydrogen (secondary N) is 1. The highest BCUT2D eigenvalue weighted by molar-refractivity contribution is 7.15. The maximum atomic E-state index is 13.6. The Labute approximate surface area is 167 Å². The topological polar surface area (TPSA) is 62.3 Å². The summed E-state index contributed by atoms with van der Waals surface area (Å²) in [6, 6.07) is 5.31. The number of rotatable bonds is 4. The summed E-state index contributed by atoms with van der Waals surface area (Å²) in [5, 5.41) is 2.52. The lowest BCUT2D eigenvalue weighted by molar-refractivity contribution is -0.173. The molecule has 1 saturated heterocycles. The lowest BCUT2D eigenvalue weighted by Crippen LogP contribution is -2.48. The maximum absolute atomic E-state index is 13.6. The van der Waals surface area contributed by atoms with E-state index < -0.39 is 29.8 Å². The summed E-state index contributed by atoms with van der Waals surface area (Å²) < 4.78 is 51.1. The average molecular weight is 427 g/mol.